The Kier molecular flexibility index (Phi) is 12.2. The molecule has 1 saturated carbocycles. The normalized spacial score (nSPS) is 15.8. The number of amides is 1. The van der Waals surface area contributed by atoms with Crippen LogP contribution in [0.15, 0.2) is 24.3 Å². The van der Waals surface area contributed by atoms with Gasteiger partial charge in [-0.15, -0.1) is 0 Å². The van der Waals surface area contributed by atoms with Crippen LogP contribution in [0.5, 0.6) is 0 Å². The number of aromatic nitrogens is 2. The number of hydrogen-bond donors (Lipinski definition) is 3. The number of hydrogen-bond acceptors (Lipinski definition) is 5. The van der Waals surface area contributed by atoms with Crippen LogP contribution in [0.2, 0.25) is 0 Å². The molecule has 2 aromatic rings. The molecule has 3 rings (SSSR count). The summed E-state index contributed by atoms with van der Waals surface area (Å²) in [6.45, 7) is 3.97. The minimum absolute atomic E-state index is 0. The zero-order valence-corrected chi connectivity index (χ0v) is 21.4. The van der Waals surface area contributed by atoms with Crippen LogP contribution in [0.3, 0.4) is 0 Å². The molecule has 0 saturated heterocycles. The first-order valence-corrected chi connectivity index (χ1v) is 12.8. The predicted octanol–water partition coefficient (Wildman–Crippen LogP) is 3.41. The second kappa shape index (κ2) is 14.4. The summed E-state index contributed by atoms with van der Waals surface area (Å²) in [6.07, 6.45) is 3.33. The van der Waals surface area contributed by atoms with Gasteiger partial charge < -0.3 is 20.2 Å². The zero-order valence-electron chi connectivity index (χ0n) is 21.4. The Labute approximate surface area is 240 Å². The second-order valence-electron chi connectivity index (χ2n) is 10.1. The number of benzene rings is 1. The van der Waals surface area contributed by atoms with Crippen molar-refractivity contribution >= 4 is 41.4 Å². The van der Waals surface area contributed by atoms with E-state index >= 15 is 0 Å². The fourth-order valence-corrected chi connectivity index (χ4v) is 5.09. The van der Waals surface area contributed by atoms with Gasteiger partial charge in [-0.25, -0.2) is 9.07 Å². The molecule has 3 N–H and O–H groups in total. The molecule has 1 fully saturated rings. The zero-order chi connectivity index (χ0) is 26.4. The average Bonchev–Trinajstić information content (AvgIpc) is 3.22. The summed E-state index contributed by atoms with van der Waals surface area (Å²) in [7, 11) is 1.83. The Morgan fingerprint density at radius 3 is 2.30 bits per heavy atom. The van der Waals surface area contributed by atoms with Crippen LogP contribution in [0.4, 0.5) is 4.39 Å². The van der Waals surface area contributed by atoms with Crippen molar-refractivity contribution in [1.82, 2.24) is 14.7 Å². The standard InChI is InChI=1S/C27H38FN3O5.Na.H/c1-17(2)25-23(14-13-21(32)15-22(33)16-24(34)35)31(20-11-9-18(28)10-12-20)29-26(25)27(36)30(3)19-7-5-4-6-8-19;;/h9-12,17,19,21-22,32-33H,4-8,13-16H2,1-3H3,(H,34,35);;/t21-,22-;;/m1../s1. The fraction of sp³-hybridized carbons (Fsp3) is 0.593. The molecule has 200 valence electrons. The Morgan fingerprint density at radius 1 is 1.11 bits per heavy atom. The van der Waals surface area contributed by atoms with E-state index in [1.807, 2.05) is 20.9 Å². The molecular formula is C27H39FN3NaO5. The molecule has 0 bridgehead atoms. The number of nitrogens with zero attached hydrogens (tertiary/aromatic N) is 3. The fourth-order valence-electron chi connectivity index (χ4n) is 5.09. The van der Waals surface area contributed by atoms with E-state index in [1.165, 1.54) is 18.6 Å². The van der Waals surface area contributed by atoms with E-state index in [1.54, 1.807) is 21.7 Å². The molecule has 2 atom stereocenters. The van der Waals surface area contributed by atoms with Gasteiger partial charge in [0, 0.05) is 24.3 Å². The van der Waals surface area contributed by atoms with Crippen molar-refractivity contribution in [2.24, 2.45) is 0 Å². The van der Waals surface area contributed by atoms with Crippen LogP contribution >= 0.6 is 0 Å². The van der Waals surface area contributed by atoms with E-state index in [0.29, 0.717) is 17.8 Å². The number of rotatable bonds is 11. The first-order valence-electron chi connectivity index (χ1n) is 12.8. The number of carbonyl (C=O) groups is 2. The van der Waals surface area contributed by atoms with Crippen LogP contribution < -0.4 is 0 Å². The molecule has 1 aliphatic carbocycles. The number of aliphatic hydroxyl groups excluding tert-OH is 2. The van der Waals surface area contributed by atoms with Crippen LogP contribution in [0.1, 0.15) is 92.9 Å². The van der Waals surface area contributed by atoms with E-state index < -0.39 is 24.6 Å². The van der Waals surface area contributed by atoms with E-state index in [9.17, 15) is 24.2 Å². The van der Waals surface area contributed by atoms with E-state index in [2.05, 4.69) is 0 Å². The summed E-state index contributed by atoms with van der Waals surface area (Å²) < 4.78 is 15.3. The maximum absolute atomic E-state index is 13.7. The first-order chi connectivity index (χ1) is 17.1. The average molecular weight is 528 g/mol. The summed E-state index contributed by atoms with van der Waals surface area (Å²) >= 11 is 0. The Morgan fingerprint density at radius 2 is 1.73 bits per heavy atom. The Balaban J connectivity index is 0.00000481. The number of aliphatic hydroxyl groups is 2. The van der Waals surface area contributed by atoms with Crippen molar-refractivity contribution in [3.05, 3.63) is 47.0 Å². The van der Waals surface area contributed by atoms with Crippen LogP contribution in [0, 0.1) is 5.82 Å². The van der Waals surface area contributed by atoms with Gasteiger partial charge in [0.1, 0.15) is 5.82 Å². The summed E-state index contributed by atoms with van der Waals surface area (Å²) in [4.78, 5) is 26.3. The van der Waals surface area contributed by atoms with Crippen molar-refractivity contribution in [1.29, 1.82) is 0 Å². The van der Waals surface area contributed by atoms with Gasteiger partial charge in [0.25, 0.3) is 5.91 Å². The van der Waals surface area contributed by atoms with Gasteiger partial charge in [-0.05, 0) is 62.3 Å². The molecule has 0 radical (unpaired) electrons. The van der Waals surface area contributed by atoms with Crippen LogP contribution in [-0.4, -0.2) is 96.7 Å². The summed E-state index contributed by atoms with van der Waals surface area (Å²) in [5.41, 5.74) is 2.49. The van der Waals surface area contributed by atoms with Gasteiger partial charge in [0.15, 0.2) is 5.69 Å². The molecule has 1 amide bonds. The number of carboxylic acid groups (broad SMARTS) is 1. The molecule has 1 aromatic carbocycles. The van der Waals surface area contributed by atoms with E-state index in [0.717, 1.165) is 36.9 Å². The van der Waals surface area contributed by atoms with Gasteiger partial charge >= 0.3 is 35.5 Å². The molecule has 0 aliphatic heterocycles. The number of halogens is 1. The third-order valence-corrected chi connectivity index (χ3v) is 6.98. The Bertz CT molecular complexity index is 1040. The van der Waals surface area contributed by atoms with Gasteiger partial charge in [0.2, 0.25) is 0 Å². The predicted molar refractivity (Wildman–Crippen MR) is 141 cm³/mol. The summed E-state index contributed by atoms with van der Waals surface area (Å²) in [5.74, 6) is -1.70. The molecule has 0 spiro atoms. The van der Waals surface area contributed by atoms with Crippen molar-refractivity contribution < 1.29 is 29.3 Å². The molecule has 0 unspecified atom stereocenters. The van der Waals surface area contributed by atoms with E-state index in [4.69, 9.17) is 10.2 Å². The SMILES string of the molecule is CC(C)c1c(C(=O)N(C)C2CCCCC2)nn(-c2ccc(F)cc2)c1CC[C@@H](O)C[C@@H](O)CC(=O)O.[NaH]. The summed E-state index contributed by atoms with van der Waals surface area (Å²) in [6, 6.07) is 6.04. The van der Waals surface area contributed by atoms with E-state index in [-0.39, 0.29) is 66.1 Å². The van der Waals surface area contributed by atoms with Crippen molar-refractivity contribution in [2.75, 3.05) is 7.05 Å². The van der Waals surface area contributed by atoms with Crippen LogP contribution in [0.25, 0.3) is 5.69 Å². The maximum atomic E-state index is 13.7. The molecule has 1 heterocycles. The number of aliphatic carboxylic acids is 1. The molecule has 37 heavy (non-hydrogen) atoms. The number of carboxylic acids is 1. The third-order valence-electron chi connectivity index (χ3n) is 6.98. The van der Waals surface area contributed by atoms with Gasteiger partial charge in [-0.3, -0.25) is 9.59 Å². The van der Waals surface area contributed by atoms with Crippen LogP contribution in [-0.2, 0) is 11.2 Å². The van der Waals surface area contributed by atoms with Gasteiger partial charge in [0.05, 0.1) is 24.3 Å². The molecule has 10 heteroatoms. The van der Waals surface area contributed by atoms with Crippen molar-refractivity contribution in [3.8, 4) is 5.69 Å². The topological polar surface area (TPSA) is 116 Å². The van der Waals surface area contributed by atoms with Crippen molar-refractivity contribution in [2.45, 2.75) is 95.8 Å². The molecule has 1 aromatic heterocycles. The second-order valence-corrected chi connectivity index (χ2v) is 10.1. The first kappa shape index (κ1) is 31.4. The van der Waals surface area contributed by atoms with Gasteiger partial charge in [-0.2, -0.15) is 5.10 Å². The Hall–Kier alpha value is -1.78. The van der Waals surface area contributed by atoms with Crippen molar-refractivity contribution in [3.63, 3.8) is 0 Å². The molecule has 1 aliphatic rings. The minimum atomic E-state index is -1.15. The molecular weight excluding hydrogens is 488 g/mol. The quantitative estimate of drug-likeness (QED) is 0.386. The molecule has 8 nitrogen and oxygen atoms in total. The third kappa shape index (κ3) is 8.35. The number of carbonyl (C=O) groups excluding carboxylic acids is 1. The summed E-state index contributed by atoms with van der Waals surface area (Å²) in [5, 5.41) is 34.0. The monoisotopic (exact) mass is 527 g/mol. The van der Waals surface area contributed by atoms with Gasteiger partial charge in [-0.1, -0.05) is 33.1 Å².